The molecule has 0 bridgehead atoms. The van der Waals surface area contributed by atoms with Gasteiger partial charge in [0, 0.05) is 12.1 Å². The summed E-state index contributed by atoms with van der Waals surface area (Å²) in [7, 11) is 0. The quantitative estimate of drug-likeness (QED) is 0.694. The second kappa shape index (κ2) is 5.01. The maximum Gasteiger partial charge on any atom is 0.0663 e. The van der Waals surface area contributed by atoms with Crippen molar-refractivity contribution in [2.75, 3.05) is 6.54 Å². The second-order valence-electron chi connectivity index (χ2n) is 5.37. The van der Waals surface area contributed by atoms with Gasteiger partial charge < -0.3 is 5.73 Å². The Morgan fingerprint density at radius 1 is 1.47 bits per heavy atom. The Morgan fingerprint density at radius 2 is 2.00 bits per heavy atom. The molecule has 1 rings (SSSR count). The summed E-state index contributed by atoms with van der Waals surface area (Å²) in [5.41, 5.74) is 6.01. The van der Waals surface area contributed by atoms with Gasteiger partial charge in [-0.1, -0.05) is 19.8 Å². The van der Waals surface area contributed by atoms with E-state index >= 15 is 0 Å². The molecule has 0 aliphatic heterocycles. The van der Waals surface area contributed by atoms with Crippen LogP contribution in [0, 0.1) is 24.2 Å². The van der Waals surface area contributed by atoms with Crippen LogP contribution in [0.4, 0.5) is 0 Å². The van der Waals surface area contributed by atoms with Gasteiger partial charge in [-0.2, -0.15) is 0 Å². The summed E-state index contributed by atoms with van der Waals surface area (Å²) in [5, 5.41) is 3.53. The molecule has 3 N–H and O–H groups in total. The minimum absolute atomic E-state index is 0.0723. The van der Waals surface area contributed by atoms with Gasteiger partial charge in [-0.05, 0) is 38.0 Å². The van der Waals surface area contributed by atoms with E-state index in [1.165, 1.54) is 6.42 Å². The third kappa shape index (κ3) is 3.22. The highest BCUT2D eigenvalue weighted by Gasteiger charge is 2.37. The Morgan fingerprint density at radius 3 is 2.40 bits per heavy atom. The third-order valence-electron chi connectivity index (χ3n) is 3.45. The van der Waals surface area contributed by atoms with Crippen LogP contribution in [0.1, 0.15) is 40.0 Å². The summed E-state index contributed by atoms with van der Waals surface area (Å²) in [6.45, 7) is 7.33. The van der Waals surface area contributed by atoms with Crippen molar-refractivity contribution in [3.8, 4) is 12.3 Å². The summed E-state index contributed by atoms with van der Waals surface area (Å²) in [6, 6.07) is 0.117. The van der Waals surface area contributed by atoms with E-state index in [1.54, 1.807) is 0 Å². The molecular formula is C13H24N2. The lowest BCUT2D eigenvalue weighted by atomic mass is 9.71. The Bertz CT molecular complexity index is 231. The second-order valence-corrected chi connectivity index (χ2v) is 5.37. The van der Waals surface area contributed by atoms with Crippen molar-refractivity contribution in [3.05, 3.63) is 0 Å². The van der Waals surface area contributed by atoms with Crippen LogP contribution in [0.25, 0.3) is 0 Å². The molecule has 3 unspecified atom stereocenters. The normalized spacial score (nSPS) is 38.3. The maximum atomic E-state index is 5.93. The van der Waals surface area contributed by atoms with E-state index in [0.717, 1.165) is 24.7 Å². The summed E-state index contributed by atoms with van der Waals surface area (Å²) >= 11 is 0. The molecule has 86 valence electrons. The zero-order valence-corrected chi connectivity index (χ0v) is 10.2. The highest BCUT2D eigenvalue weighted by molar-refractivity contribution is 5.04. The number of nitrogens with two attached hydrogens (primary N) is 1. The molecule has 1 aliphatic carbocycles. The Balaban J connectivity index is 2.70. The van der Waals surface area contributed by atoms with Crippen LogP contribution < -0.4 is 11.1 Å². The van der Waals surface area contributed by atoms with Crippen LogP contribution in [0.2, 0.25) is 0 Å². The lowest BCUT2D eigenvalue weighted by Gasteiger charge is -2.44. The summed E-state index contributed by atoms with van der Waals surface area (Å²) in [5.74, 6) is 4.22. The first-order chi connectivity index (χ1) is 7.01. The number of nitrogens with one attached hydrogen (secondary N) is 1. The highest BCUT2D eigenvalue weighted by atomic mass is 15.0. The van der Waals surface area contributed by atoms with Gasteiger partial charge in [0.25, 0.3) is 0 Å². The first-order valence-electron chi connectivity index (χ1n) is 5.95. The molecule has 0 radical (unpaired) electrons. The van der Waals surface area contributed by atoms with Crippen LogP contribution in [0.5, 0.6) is 0 Å². The number of terminal acetylenes is 1. The molecule has 0 amide bonds. The zero-order valence-electron chi connectivity index (χ0n) is 10.2. The highest BCUT2D eigenvalue weighted by Crippen LogP contribution is 2.35. The van der Waals surface area contributed by atoms with E-state index in [4.69, 9.17) is 12.2 Å². The van der Waals surface area contributed by atoms with Crippen molar-refractivity contribution in [1.29, 1.82) is 0 Å². The van der Waals surface area contributed by atoms with E-state index in [9.17, 15) is 0 Å². The summed E-state index contributed by atoms with van der Waals surface area (Å²) < 4.78 is 0. The van der Waals surface area contributed by atoms with Gasteiger partial charge in [-0.25, -0.2) is 0 Å². The summed E-state index contributed by atoms with van der Waals surface area (Å²) in [6.07, 6.45) is 9.04. The summed E-state index contributed by atoms with van der Waals surface area (Å²) in [4.78, 5) is 0. The lowest BCUT2D eigenvalue weighted by Crippen LogP contribution is -2.57. The van der Waals surface area contributed by atoms with Crippen molar-refractivity contribution in [2.45, 2.75) is 51.6 Å². The molecule has 3 atom stereocenters. The van der Waals surface area contributed by atoms with Crippen LogP contribution in [0.15, 0.2) is 0 Å². The smallest absolute Gasteiger partial charge is 0.0663 e. The van der Waals surface area contributed by atoms with Crippen molar-refractivity contribution >= 4 is 0 Å². The molecule has 0 heterocycles. The molecule has 0 aromatic carbocycles. The molecule has 2 heteroatoms. The van der Waals surface area contributed by atoms with E-state index < -0.39 is 0 Å². The SMILES string of the molecule is C#CC(C)NC1(CN)CC(C)CC(C)C1. The van der Waals surface area contributed by atoms with E-state index in [2.05, 4.69) is 25.1 Å². The topological polar surface area (TPSA) is 38.0 Å². The number of hydrogen-bond acceptors (Lipinski definition) is 2. The Labute approximate surface area is 94.0 Å². The molecule has 0 aromatic heterocycles. The van der Waals surface area contributed by atoms with Gasteiger partial charge in [-0.3, -0.25) is 5.32 Å². The van der Waals surface area contributed by atoms with Crippen molar-refractivity contribution in [1.82, 2.24) is 5.32 Å². The van der Waals surface area contributed by atoms with Crippen LogP contribution in [-0.2, 0) is 0 Å². The van der Waals surface area contributed by atoms with E-state index in [0.29, 0.717) is 6.54 Å². The maximum absolute atomic E-state index is 5.93. The van der Waals surface area contributed by atoms with E-state index in [-0.39, 0.29) is 11.6 Å². The van der Waals surface area contributed by atoms with E-state index in [1.807, 2.05) is 6.92 Å². The minimum Gasteiger partial charge on any atom is -0.329 e. The van der Waals surface area contributed by atoms with Crippen molar-refractivity contribution < 1.29 is 0 Å². The molecule has 1 aliphatic rings. The standard InChI is InChI=1S/C13H24N2/c1-5-12(4)15-13(9-14)7-10(2)6-11(3)8-13/h1,10-12,15H,6-9,14H2,2-4H3. The molecule has 1 saturated carbocycles. The average Bonchev–Trinajstić information content (AvgIpc) is 2.16. The van der Waals surface area contributed by atoms with Crippen LogP contribution in [-0.4, -0.2) is 18.1 Å². The van der Waals surface area contributed by atoms with Gasteiger partial charge >= 0.3 is 0 Å². The third-order valence-corrected chi connectivity index (χ3v) is 3.45. The van der Waals surface area contributed by atoms with Gasteiger partial charge in [0.1, 0.15) is 0 Å². The van der Waals surface area contributed by atoms with Crippen molar-refractivity contribution in [2.24, 2.45) is 17.6 Å². The fourth-order valence-corrected chi connectivity index (χ4v) is 3.12. The molecule has 0 saturated heterocycles. The monoisotopic (exact) mass is 208 g/mol. The van der Waals surface area contributed by atoms with Gasteiger partial charge in [0.2, 0.25) is 0 Å². The number of rotatable bonds is 3. The molecule has 2 nitrogen and oxygen atoms in total. The van der Waals surface area contributed by atoms with Crippen LogP contribution in [0.3, 0.4) is 0 Å². The fraction of sp³-hybridized carbons (Fsp3) is 0.846. The Kier molecular flexibility index (Phi) is 4.19. The first kappa shape index (κ1) is 12.5. The van der Waals surface area contributed by atoms with Gasteiger partial charge in [0.05, 0.1) is 6.04 Å². The molecule has 1 fully saturated rings. The molecule has 0 aromatic rings. The van der Waals surface area contributed by atoms with Crippen LogP contribution >= 0.6 is 0 Å². The fourth-order valence-electron chi connectivity index (χ4n) is 3.12. The molecular weight excluding hydrogens is 184 g/mol. The Hall–Kier alpha value is -0.520. The molecule has 0 spiro atoms. The average molecular weight is 208 g/mol. The largest absolute Gasteiger partial charge is 0.329 e. The predicted octanol–water partition coefficient (Wildman–Crippen LogP) is 1.75. The van der Waals surface area contributed by atoms with Gasteiger partial charge in [0.15, 0.2) is 0 Å². The number of hydrogen-bond donors (Lipinski definition) is 2. The minimum atomic E-state index is 0.0723. The first-order valence-corrected chi connectivity index (χ1v) is 5.95. The molecule has 15 heavy (non-hydrogen) atoms. The predicted molar refractivity (Wildman–Crippen MR) is 65.4 cm³/mol. The zero-order chi connectivity index (χ0) is 11.5. The van der Waals surface area contributed by atoms with Crippen molar-refractivity contribution in [3.63, 3.8) is 0 Å². The van der Waals surface area contributed by atoms with Gasteiger partial charge in [-0.15, -0.1) is 6.42 Å². The lowest BCUT2D eigenvalue weighted by molar-refractivity contribution is 0.145.